The second-order valence-corrected chi connectivity index (χ2v) is 29.5. The van der Waals surface area contributed by atoms with Gasteiger partial charge in [-0.1, -0.05) is 83.1 Å². The third-order valence-corrected chi connectivity index (χ3v) is 24.0. The molecule has 7 heteroatoms. The van der Waals surface area contributed by atoms with Gasteiger partial charge in [0.15, 0.2) is 22.5 Å². The topological polar surface area (TPSA) is 40.0 Å². The molecule has 1 aliphatic rings. The summed E-state index contributed by atoms with van der Waals surface area (Å²) in [5.41, 5.74) is 1.70. The van der Waals surface area contributed by atoms with Gasteiger partial charge in [-0.15, -0.1) is 0 Å². The van der Waals surface area contributed by atoms with Crippen LogP contribution in [0, 0.1) is 5.92 Å². The maximum absolute atomic E-state index is 7.09. The fourth-order valence-electron chi connectivity index (χ4n) is 4.89. The molecule has 0 aliphatic carbocycles. The van der Waals surface area contributed by atoms with Crippen LogP contribution in [0.2, 0.25) is 52.9 Å². The molecule has 0 aromatic heterocycles. The van der Waals surface area contributed by atoms with Crippen molar-refractivity contribution in [2.24, 2.45) is 10.9 Å². The Morgan fingerprint density at radius 1 is 0.794 bits per heavy atom. The molecule has 0 aromatic carbocycles. The molecule has 202 valence electrons. The predicted molar refractivity (Wildman–Crippen MR) is 158 cm³/mol. The number of nitrogens with zero attached hydrogens (tertiary/aromatic N) is 1. The number of aliphatic imine (C=N–C) groups is 1. The highest BCUT2D eigenvalue weighted by Crippen LogP contribution is 2.44. The standard InChI is InChI=1S/C27H59NO3Si3/c1-20(2)34(21(3)4,22(5)6)29-19-24(30-32(13,14)26(7,8)9)23-17-25(28-18-23)31-33(15,16)27(10,11)12/h20-24H,17-19H2,1-16H3/t23?,24-/m1/s1. The highest BCUT2D eigenvalue weighted by atomic mass is 28.4. The summed E-state index contributed by atoms with van der Waals surface area (Å²) in [5.74, 6) is 1.27. The summed E-state index contributed by atoms with van der Waals surface area (Å²) in [5, 5.41) is 0.332. The van der Waals surface area contributed by atoms with Gasteiger partial charge in [0.2, 0.25) is 0 Å². The van der Waals surface area contributed by atoms with Gasteiger partial charge in [0, 0.05) is 18.9 Å². The second kappa shape index (κ2) is 11.2. The van der Waals surface area contributed by atoms with E-state index in [4.69, 9.17) is 18.3 Å². The van der Waals surface area contributed by atoms with Crippen LogP contribution in [0.4, 0.5) is 0 Å². The van der Waals surface area contributed by atoms with Crippen molar-refractivity contribution in [3.05, 3.63) is 0 Å². The third kappa shape index (κ3) is 7.30. The average molecular weight is 530 g/mol. The first-order valence-electron chi connectivity index (χ1n) is 13.6. The van der Waals surface area contributed by atoms with Crippen LogP contribution < -0.4 is 0 Å². The van der Waals surface area contributed by atoms with Gasteiger partial charge in [-0.3, -0.25) is 4.99 Å². The second-order valence-electron chi connectivity index (χ2n) is 14.6. The van der Waals surface area contributed by atoms with Gasteiger partial charge in [0.05, 0.1) is 12.7 Å². The smallest absolute Gasteiger partial charge is 0.252 e. The summed E-state index contributed by atoms with van der Waals surface area (Å²) >= 11 is 0. The minimum atomic E-state index is -1.97. The monoisotopic (exact) mass is 529 g/mol. The fraction of sp³-hybridized carbons (Fsp3) is 0.963. The Bertz CT molecular complexity index is 666. The van der Waals surface area contributed by atoms with E-state index in [-0.39, 0.29) is 16.2 Å². The quantitative estimate of drug-likeness (QED) is 0.265. The van der Waals surface area contributed by atoms with Crippen LogP contribution in [-0.2, 0) is 13.3 Å². The van der Waals surface area contributed by atoms with E-state index in [9.17, 15) is 0 Å². The zero-order valence-corrected chi connectivity index (χ0v) is 28.7. The zero-order chi connectivity index (χ0) is 26.9. The fourth-order valence-corrected chi connectivity index (χ4v) is 12.8. The van der Waals surface area contributed by atoms with Crippen molar-refractivity contribution in [2.45, 2.75) is 148 Å². The summed E-state index contributed by atoms with van der Waals surface area (Å²) < 4.78 is 20.8. The van der Waals surface area contributed by atoms with E-state index in [1.165, 1.54) is 0 Å². The van der Waals surface area contributed by atoms with Crippen LogP contribution in [0.15, 0.2) is 4.99 Å². The van der Waals surface area contributed by atoms with E-state index in [2.05, 4.69) is 109 Å². The van der Waals surface area contributed by atoms with Crippen molar-refractivity contribution < 1.29 is 13.3 Å². The number of rotatable bonds is 10. The molecule has 4 nitrogen and oxygen atoms in total. The molecule has 0 fully saturated rings. The lowest BCUT2D eigenvalue weighted by Gasteiger charge is -2.45. The van der Waals surface area contributed by atoms with E-state index in [1.807, 2.05) is 0 Å². The van der Waals surface area contributed by atoms with E-state index < -0.39 is 25.0 Å². The van der Waals surface area contributed by atoms with Crippen molar-refractivity contribution in [1.29, 1.82) is 0 Å². The molecule has 0 amide bonds. The van der Waals surface area contributed by atoms with E-state index in [1.54, 1.807) is 0 Å². The van der Waals surface area contributed by atoms with E-state index in [0.29, 0.717) is 29.1 Å². The summed E-state index contributed by atoms with van der Waals surface area (Å²) in [6, 6.07) is 0. The highest BCUT2D eigenvalue weighted by molar-refractivity contribution is 6.77. The molecule has 1 heterocycles. The zero-order valence-electron chi connectivity index (χ0n) is 25.7. The van der Waals surface area contributed by atoms with Gasteiger partial charge in [-0.05, 0) is 52.9 Å². The molecule has 0 saturated heterocycles. The first-order valence-corrected chi connectivity index (χ1v) is 21.6. The van der Waals surface area contributed by atoms with Gasteiger partial charge >= 0.3 is 0 Å². The summed E-state index contributed by atoms with van der Waals surface area (Å²) in [7, 11) is -5.82. The molecule has 1 rings (SSSR count). The average Bonchev–Trinajstić information content (AvgIpc) is 3.05. The van der Waals surface area contributed by atoms with Crippen LogP contribution in [0.5, 0.6) is 0 Å². The number of hydrogen-bond donors (Lipinski definition) is 0. The molecule has 0 radical (unpaired) electrons. The summed E-state index contributed by atoms with van der Waals surface area (Å²) in [6.45, 7) is 38.8. The SMILES string of the molecule is CC(C)[Si](OC[C@@H](O[Si](C)(C)C(C)(C)C)C1CN=C(O[Si](C)(C)C(C)(C)C)C1)(C(C)C)C(C)C. The third-order valence-electron chi connectivity index (χ3n) is 9.10. The lowest BCUT2D eigenvalue weighted by Crippen LogP contribution is -2.52. The van der Waals surface area contributed by atoms with Gasteiger partial charge in [-0.25, -0.2) is 0 Å². The van der Waals surface area contributed by atoms with Gasteiger partial charge in [0.1, 0.15) is 0 Å². The van der Waals surface area contributed by atoms with E-state index in [0.717, 1.165) is 18.9 Å². The Hall–Kier alpha value is 0.0406. The van der Waals surface area contributed by atoms with Crippen molar-refractivity contribution >= 4 is 30.8 Å². The van der Waals surface area contributed by atoms with Crippen molar-refractivity contribution in [2.75, 3.05) is 13.2 Å². The lowest BCUT2D eigenvalue weighted by molar-refractivity contribution is 0.0657. The molecule has 1 aliphatic heterocycles. The molecule has 0 aromatic rings. The number of hydrogen-bond acceptors (Lipinski definition) is 4. The minimum Gasteiger partial charge on any atom is -0.534 e. The maximum atomic E-state index is 7.09. The molecular formula is C27H59NO3Si3. The summed E-state index contributed by atoms with van der Waals surface area (Å²) in [6.07, 6.45) is 0.933. The Kier molecular flexibility index (Phi) is 10.6. The first-order chi connectivity index (χ1) is 15.1. The maximum Gasteiger partial charge on any atom is 0.252 e. The van der Waals surface area contributed by atoms with Gasteiger partial charge in [-0.2, -0.15) is 0 Å². The largest absolute Gasteiger partial charge is 0.534 e. The molecule has 0 N–H and O–H groups in total. The normalized spacial score (nSPS) is 19.9. The Labute approximate surface area is 216 Å². The molecule has 34 heavy (non-hydrogen) atoms. The Balaban J connectivity index is 3.17. The molecule has 0 bridgehead atoms. The van der Waals surface area contributed by atoms with Crippen LogP contribution in [0.3, 0.4) is 0 Å². The molecule has 2 atom stereocenters. The van der Waals surface area contributed by atoms with Crippen molar-refractivity contribution in [3.63, 3.8) is 0 Å². The van der Waals surface area contributed by atoms with Crippen molar-refractivity contribution in [1.82, 2.24) is 0 Å². The van der Waals surface area contributed by atoms with Crippen LogP contribution in [-0.4, -0.2) is 50.1 Å². The molecule has 1 unspecified atom stereocenters. The lowest BCUT2D eigenvalue weighted by atomic mass is 10.0. The molecule has 0 spiro atoms. The predicted octanol–water partition coefficient (Wildman–Crippen LogP) is 9.01. The van der Waals surface area contributed by atoms with Crippen LogP contribution in [0.1, 0.15) is 89.5 Å². The molecule has 0 saturated carbocycles. The van der Waals surface area contributed by atoms with Gasteiger partial charge in [0.25, 0.3) is 8.32 Å². The highest BCUT2D eigenvalue weighted by Gasteiger charge is 2.48. The first kappa shape index (κ1) is 32.1. The van der Waals surface area contributed by atoms with Crippen LogP contribution >= 0.6 is 0 Å². The minimum absolute atomic E-state index is 0.0632. The Morgan fingerprint density at radius 2 is 1.24 bits per heavy atom. The Morgan fingerprint density at radius 3 is 1.62 bits per heavy atom. The summed E-state index contributed by atoms with van der Waals surface area (Å²) in [4.78, 5) is 4.90. The van der Waals surface area contributed by atoms with Crippen molar-refractivity contribution in [3.8, 4) is 0 Å². The molecular weight excluding hydrogens is 471 g/mol. The van der Waals surface area contributed by atoms with Crippen LogP contribution in [0.25, 0.3) is 0 Å². The van der Waals surface area contributed by atoms with E-state index >= 15 is 0 Å². The van der Waals surface area contributed by atoms with Gasteiger partial charge < -0.3 is 13.3 Å².